The molecule has 0 fully saturated rings. The van der Waals surface area contributed by atoms with Crippen molar-refractivity contribution in [2.75, 3.05) is 20.4 Å². The highest BCUT2D eigenvalue weighted by atomic mass is 35.5. The summed E-state index contributed by atoms with van der Waals surface area (Å²) in [6.45, 7) is 0.0281. The van der Waals surface area contributed by atoms with E-state index in [1.165, 1.54) is 11.9 Å². The molecule has 1 aromatic heterocycles. The largest absolute Gasteiger partial charge is 0.337 e. The van der Waals surface area contributed by atoms with Crippen LogP contribution in [-0.4, -0.2) is 54.0 Å². The predicted molar refractivity (Wildman–Crippen MR) is 113 cm³/mol. The summed E-state index contributed by atoms with van der Waals surface area (Å²) in [5, 5.41) is 4.52. The lowest BCUT2D eigenvalue weighted by Crippen LogP contribution is -2.41. The molecule has 10 heteroatoms. The molecular formula is C20H21ClN4O4S. The van der Waals surface area contributed by atoms with Gasteiger partial charge >= 0.3 is 0 Å². The van der Waals surface area contributed by atoms with Crippen LogP contribution in [0.25, 0.3) is 11.4 Å². The molecular weight excluding hydrogens is 428 g/mol. The second-order valence-electron chi connectivity index (χ2n) is 6.81. The zero-order valence-corrected chi connectivity index (χ0v) is 18.3. The Morgan fingerprint density at radius 1 is 1.10 bits per heavy atom. The van der Waals surface area contributed by atoms with Gasteiger partial charge in [-0.3, -0.25) is 4.79 Å². The van der Waals surface area contributed by atoms with Gasteiger partial charge in [-0.2, -0.15) is 9.29 Å². The van der Waals surface area contributed by atoms with Crippen LogP contribution in [0.4, 0.5) is 0 Å². The van der Waals surface area contributed by atoms with Crippen molar-refractivity contribution >= 4 is 27.5 Å². The molecule has 30 heavy (non-hydrogen) atoms. The van der Waals surface area contributed by atoms with Crippen LogP contribution in [0.15, 0.2) is 59.1 Å². The minimum atomic E-state index is -3.61. The van der Waals surface area contributed by atoms with Crippen LogP contribution in [0, 0.1) is 0 Å². The molecule has 0 saturated carbocycles. The lowest BCUT2D eigenvalue weighted by atomic mass is 10.1. The third kappa shape index (κ3) is 5.05. The van der Waals surface area contributed by atoms with E-state index in [1.807, 2.05) is 0 Å². The number of sulfonamides is 1. The van der Waals surface area contributed by atoms with Gasteiger partial charge in [0.25, 0.3) is 0 Å². The molecule has 0 radical (unpaired) electrons. The highest BCUT2D eigenvalue weighted by molar-refractivity contribution is 7.88. The molecule has 0 aliphatic rings. The number of carbonyl (C=O) groups is 1. The minimum absolute atomic E-state index is 0.0281. The van der Waals surface area contributed by atoms with E-state index in [0.29, 0.717) is 16.4 Å². The number of hydrogen-bond acceptors (Lipinski definition) is 6. The van der Waals surface area contributed by atoms with Crippen LogP contribution in [0.5, 0.6) is 0 Å². The monoisotopic (exact) mass is 448 g/mol. The summed E-state index contributed by atoms with van der Waals surface area (Å²) in [7, 11) is -0.678. The molecule has 3 aromatic rings. The third-order valence-electron chi connectivity index (χ3n) is 4.56. The van der Waals surface area contributed by atoms with Crippen molar-refractivity contribution in [3.8, 4) is 11.4 Å². The number of carbonyl (C=O) groups excluding carboxylic acids is 1. The van der Waals surface area contributed by atoms with Crippen LogP contribution < -0.4 is 0 Å². The molecule has 0 saturated heterocycles. The Balaban J connectivity index is 1.81. The SMILES string of the molecule is CN(Cc1nc(-c2ccc(Cl)cc2)no1)C(=O)[C@H](c1ccccc1)N(C)S(C)(=O)=O. The van der Waals surface area contributed by atoms with Crippen LogP contribution in [0.3, 0.4) is 0 Å². The fourth-order valence-corrected chi connectivity index (χ4v) is 3.58. The highest BCUT2D eigenvalue weighted by Gasteiger charge is 2.33. The first-order valence-corrected chi connectivity index (χ1v) is 11.2. The van der Waals surface area contributed by atoms with Crippen LogP contribution in [0.1, 0.15) is 17.5 Å². The number of hydrogen-bond donors (Lipinski definition) is 0. The Bertz CT molecular complexity index is 1120. The first-order chi connectivity index (χ1) is 14.2. The molecule has 8 nitrogen and oxygen atoms in total. The van der Waals surface area contributed by atoms with Gasteiger partial charge in [0.05, 0.1) is 12.8 Å². The van der Waals surface area contributed by atoms with Crippen molar-refractivity contribution < 1.29 is 17.7 Å². The first-order valence-electron chi connectivity index (χ1n) is 8.98. The fourth-order valence-electron chi connectivity index (χ4n) is 2.86. The lowest BCUT2D eigenvalue weighted by Gasteiger charge is -2.29. The molecule has 1 heterocycles. The summed E-state index contributed by atoms with van der Waals surface area (Å²) in [4.78, 5) is 18.8. The molecule has 0 unspecified atom stereocenters. The van der Waals surface area contributed by atoms with Gasteiger partial charge in [-0.1, -0.05) is 47.1 Å². The molecule has 0 bridgehead atoms. The van der Waals surface area contributed by atoms with Gasteiger partial charge < -0.3 is 9.42 Å². The predicted octanol–water partition coefficient (Wildman–Crippen LogP) is 2.98. The molecule has 0 aliphatic heterocycles. The van der Waals surface area contributed by atoms with Crippen molar-refractivity contribution in [3.63, 3.8) is 0 Å². The number of aromatic nitrogens is 2. The summed E-state index contributed by atoms with van der Waals surface area (Å²) in [5.41, 5.74) is 1.29. The van der Waals surface area contributed by atoms with Gasteiger partial charge in [0.2, 0.25) is 27.6 Å². The quantitative estimate of drug-likeness (QED) is 0.551. The lowest BCUT2D eigenvalue weighted by molar-refractivity contribution is -0.134. The van der Waals surface area contributed by atoms with E-state index in [-0.39, 0.29) is 12.4 Å². The van der Waals surface area contributed by atoms with E-state index in [9.17, 15) is 13.2 Å². The number of amides is 1. The van der Waals surface area contributed by atoms with Crippen molar-refractivity contribution in [3.05, 3.63) is 71.1 Å². The summed E-state index contributed by atoms with van der Waals surface area (Å²) >= 11 is 5.89. The maximum absolute atomic E-state index is 13.2. The van der Waals surface area contributed by atoms with E-state index in [0.717, 1.165) is 16.1 Å². The Morgan fingerprint density at radius 3 is 2.33 bits per heavy atom. The van der Waals surface area contributed by atoms with Crippen molar-refractivity contribution in [2.45, 2.75) is 12.6 Å². The average molecular weight is 449 g/mol. The van der Waals surface area contributed by atoms with Crippen LogP contribution in [0.2, 0.25) is 5.02 Å². The zero-order chi connectivity index (χ0) is 21.9. The van der Waals surface area contributed by atoms with Crippen LogP contribution in [-0.2, 0) is 21.4 Å². The van der Waals surface area contributed by atoms with Crippen molar-refractivity contribution in [1.29, 1.82) is 0 Å². The zero-order valence-electron chi connectivity index (χ0n) is 16.7. The molecule has 1 atom stereocenters. The Labute approximate surface area is 180 Å². The number of benzene rings is 2. The number of halogens is 1. The topological polar surface area (TPSA) is 96.6 Å². The average Bonchev–Trinajstić information content (AvgIpc) is 3.17. The number of rotatable bonds is 7. The Hall–Kier alpha value is -2.75. The second kappa shape index (κ2) is 8.95. The fraction of sp³-hybridized carbons (Fsp3) is 0.250. The number of likely N-dealkylation sites (N-methyl/N-ethyl adjacent to an activating group) is 2. The van der Waals surface area contributed by atoms with E-state index in [4.69, 9.17) is 16.1 Å². The molecule has 2 aromatic carbocycles. The van der Waals surface area contributed by atoms with Gasteiger partial charge in [-0.05, 0) is 29.8 Å². The van der Waals surface area contributed by atoms with Crippen LogP contribution >= 0.6 is 11.6 Å². The summed E-state index contributed by atoms with van der Waals surface area (Å²) in [5.74, 6) is 0.181. The van der Waals surface area contributed by atoms with E-state index < -0.39 is 22.0 Å². The third-order valence-corrected chi connectivity index (χ3v) is 6.06. The van der Waals surface area contributed by atoms with E-state index >= 15 is 0 Å². The second-order valence-corrected chi connectivity index (χ2v) is 9.28. The maximum Gasteiger partial charge on any atom is 0.246 e. The minimum Gasteiger partial charge on any atom is -0.337 e. The van der Waals surface area contributed by atoms with Gasteiger partial charge in [-0.15, -0.1) is 0 Å². The van der Waals surface area contributed by atoms with Crippen molar-refractivity contribution in [2.24, 2.45) is 0 Å². The normalized spacial score (nSPS) is 12.7. The highest BCUT2D eigenvalue weighted by Crippen LogP contribution is 2.25. The van der Waals surface area contributed by atoms with Crippen molar-refractivity contribution in [1.82, 2.24) is 19.3 Å². The molecule has 0 spiro atoms. The van der Waals surface area contributed by atoms with Gasteiger partial charge in [-0.25, -0.2) is 8.42 Å². The molecule has 0 N–H and O–H groups in total. The first kappa shape index (κ1) is 21.9. The molecule has 158 valence electrons. The van der Waals surface area contributed by atoms with Gasteiger partial charge in [0.15, 0.2) is 0 Å². The molecule has 3 rings (SSSR count). The summed E-state index contributed by atoms with van der Waals surface area (Å²) < 4.78 is 30.6. The number of nitrogens with zero attached hydrogens (tertiary/aromatic N) is 4. The smallest absolute Gasteiger partial charge is 0.246 e. The maximum atomic E-state index is 13.2. The van der Waals surface area contributed by atoms with E-state index in [2.05, 4.69) is 10.1 Å². The van der Waals surface area contributed by atoms with Gasteiger partial charge in [0.1, 0.15) is 6.04 Å². The van der Waals surface area contributed by atoms with E-state index in [1.54, 1.807) is 61.6 Å². The standard InChI is InChI=1S/C20H21ClN4O4S/c1-24(13-17-22-19(23-29-17)15-9-11-16(21)12-10-15)20(26)18(25(2)30(3,27)28)14-7-5-4-6-8-14/h4-12,18H,13H2,1-3H3/t18-/m0/s1. The molecule has 1 amide bonds. The Morgan fingerprint density at radius 2 is 1.73 bits per heavy atom. The molecule has 0 aliphatic carbocycles. The summed E-state index contributed by atoms with van der Waals surface area (Å²) in [6.07, 6.45) is 1.06. The van der Waals surface area contributed by atoms with Gasteiger partial charge in [0, 0.05) is 24.7 Å². The summed E-state index contributed by atoms with van der Waals surface area (Å²) in [6, 6.07) is 14.7. The Kier molecular flexibility index (Phi) is 6.55.